The fourth-order valence-corrected chi connectivity index (χ4v) is 5.74. The van der Waals surface area contributed by atoms with E-state index in [4.69, 9.17) is 16.3 Å². The van der Waals surface area contributed by atoms with Crippen LogP contribution in [-0.2, 0) is 37.3 Å². The van der Waals surface area contributed by atoms with Gasteiger partial charge in [-0.2, -0.15) is 0 Å². The first kappa shape index (κ1) is 29.7. The molecule has 1 atom stereocenters. The van der Waals surface area contributed by atoms with E-state index in [1.54, 1.807) is 48.4 Å². The van der Waals surface area contributed by atoms with Crippen LogP contribution in [0.4, 0.5) is 0 Å². The van der Waals surface area contributed by atoms with Gasteiger partial charge in [-0.25, -0.2) is 13.1 Å². The summed E-state index contributed by atoms with van der Waals surface area (Å²) < 4.78 is 32.7. The minimum Gasteiger partial charge on any atom is -0.383 e. The Labute approximate surface area is 240 Å². The summed E-state index contributed by atoms with van der Waals surface area (Å²) in [5.74, 6) is -0.513. The Bertz CT molecular complexity index is 1380. The van der Waals surface area contributed by atoms with Gasteiger partial charge in [-0.3, -0.25) is 9.59 Å². The lowest BCUT2D eigenvalue weighted by molar-refractivity contribution is -0.141. The van der Waals surface area contributed by atoms with Crippen molar-refractivity contribution in [2.45, 2.75) is 49.2 Å². The lowest BCUT2D eigenvalue weighted by atomic mass is 10.0. The van der Waals surface area contributed by atoms with E-state index in [-0.39, 0.29) is 35.7 Å². The van der Waals surface area contributed by atoms with Gasteiger partial charge in [-0.05, 0) is 60.2 Å². The molecule has 2 N–H and O–H groups in total. The van der Waals surface area contributed by atoms with Crippen molar-refractivity contribution in [2.75, 3.05) is 20.3 Å². The van der Waals surface area contributed by atoms with Gasteiger partial charge in [0.25, 0.3) is 0 Å². The number of rotatable bonds is 14. The molecule has 4 rings (SSSR count). The van der Waals surface area contributed by atoms with Crippen LogP contribution in [0.15, 0.2) is 83.8 Å². The van der Waals surface area contributed by atoms with Crippen LogP contribution in [0.3, 0.4) is 0 Å². The number of nitrogens with one attached hydrogen (secondary N) is 2. The number of methoxy groups -OCH3 is 1. The number of aryl methyl sites for hydroxylation is 1. The molecular formula is C30H34ClN3O5S. The lowest BCUT2D eigenvalue weighted by Crippen LogP contribution is -2.44. The molecular weight excluding hydrogens is 550 g/mol. The predicted molar refractivity (Wildman–Crippen MR) is 154 cm³/mol. The third kappa shape index (κ3) is 8.38. The zero-order chi connectivity index (χ0) is 28.5. The minimum atomic E-state index is -3.55. The molecule has 0 spiro atoms. The monoisotopic (exact) mass is 583 g/mol. The number of nitrogens with zero attached hydrogens (tertiary/aromatic N) is 1. The quantitative estimate of drug-likeness (QED) is 0.276. The van der Waals surface area contributed by atoms with Crippen molar-refractivity contribution in [3.8, 4) is 0 Å². The largest absolute Gasteiger partial charge is 0.383 e. The van der Waals surface area contributed by atoms with Gasteiger partial charge in [0.2, 0.25) is 21.8 Å². The molecule has 1 aliphatic rings. The van der Waals surface area contributed by atoms with Crippen LogP contribution in [0.2, 0.25) is 5.02 Å². The van der Waals surface area contributed by atoms with E-state index in [1.807, 2.05) is 42.5 Å². The smallest absolute Gasteiger partial charge is 0.247 e. The molecule has 10 heteroatoms. The highest BCUT2D eigenvalue weighted by molar-refractivity contribution is 7.89. The summed E-state index contributed by atoms with van der Waals surface area (Å²) in [5.41, 5.74) is 2.35. The summed E-state index contributed by atoms with van der Waals surface area (Å²) in [4.78, 5) is 29.0. The van der Waals surface area contributed by atoms with E-state index in [0.717, 1.165) is 24.0 Å². The van der Waals surface area contributed by atoms with Crippen LogP contribution in [0.5, 0.6) is 0 Å². The molecule has 212 valence electrons. The van der Waals surface area contributed by atoms with Crippen LogP contribution in [0.1, 0.15) is 42.0 Å². The molecule has 0 aromatic heterocycles. The number of hydrogen-bond donors (Lipinski definition) is 2. The number of amides is 2. The first-order valence-electron chi connectivity index (χ1n) is 13.2. The second-order valence-electron chi connectivity index (χ2n) is 9.78. The van der Waals surface area contributed by atoms with Crippen molar-refractivity contribution in [2.24, 2.45) is 0 Å². The second kappa shape index (κ2) is 13.9. The van der Waals surface area contributed by atoms with Gasteiger partial charge in [-0.15, -0.1) is 0 Å². The lowest BCUT2D eigenvalue weighted by Gasteiger charge is -2.32. The molecule has 0 heterocycles. The Balaban J connectivity index is 1.54. The normalized spacial score (nSPS) is 13.9. The molecule has 0 radical (unpaired) electrons. The first-order valence-corrected chi connectivity index (χ1v) is 15.1. The molecule has 0 bridgehead atoms. The van der Waals surface area contributed by atoms with Crippen LogP contribution in [-0.4, -0.2) is 51.4 Å². The van der Waals surface area contributed by atoms with Crippen LogP contribution >= 0.6 is 11.6 Å². The van der Waals surface area contributed by atoms with Gasteiger partial charge in [0.05, 0.1) is 11.5 Å². The van der Waals surface area contributed by atoms with Crippen molar-refractivity contribution < 1.29 is 22.7 Å². The molecule has 0 aliphatic heterocycles. The SMILES string of the molecule is COCCNC(=O)C(c1ccccc1)N(Cc1ccc(Cl)cc1)C(=O)CCc1ccc(S(=O)(=O)NC2CC2)cc1. The number of sulfonamides is 1. The Morgan fingerprint density at radius 3 is 2.25 bits per heavy atom. The summed E-state index contributed by atoms with van der Waals surface area (Å²) in [5, 5.41) is 3.46. The zero-order valence-corrected chi connectivity index (χ0v) is 24.0. The third-order valence-electron chi connectivity index (χ3n) is 6.63. The van der Waals surface area contributed by atoms with Crippen molar-refractivity contribution >= 4 is 33.4 Å². The maximum absolute atomic E-state index is 13.8. The highest BCUT2D eigenvalue weighted by Crippen LogP contribution is 2.26. The van der Waals surface area contributed by atoms with Crippen molar-refractivity contribution in [3.63, 3.8) is 0 Å². The minimum absolute atomic E-state index is 0.0261. The van der Waals surface area contributed by atoms with Crippen molar-refractivity contribution in [1.29, 1.82) is 0 Å². The average Bonchev–Trinajstić information content (AvgIpc) is 3.77. The number of halogens is 1. The van der Waals surface area contributed by atoms with Crippen LogP contribution in [0.25, 0.3) is 0 Å². The fourth-order valence-electron chi connectivity index (χ4n) is 4.31. The Hall–Kier alpha value is -3.24. The maximum atomic E-state index is 13.8. The Morgan fingerprint density at radius 1 is 0.975 bits per heavy atom. The topological polar surface area (TPSA) is 105 Å². The highest BCUT2D eigenvalue weighted by Gasteiger charge is 2.31. The molecule has 8 nitrogen and oxygen atoms in total. The van der Waals surface area contributed by atoms with Crippen LogP contribution in [0, 0.1) is 0 Å². The maximum Gasteiger partial charge on any atom is 0.247 e. The Kier molecular flexibility index (Phi) is 10.3. The highest BCUT2D eigenvalue weighted by atomic mass is 35.5. The standard InChI is InChI=1S/C30H34ClN3O5S/c1-39-20-19-32-30(36)29(24-5-3-2-4-6-24)34(21-23-7-12-25(31)13-8-23)28(35)18-11-22-9-16-27(17-10-22)40(37,38)33-26-14-15-26/h2-10,12-13,16-17,26,29,33H,11,14-15,18-21H2,1H3,(H,32,36). The van der Waals surface area contributed by atoms with Gasteiger partial charge < -0.3 is 15.0 Å². The van der Waals surface area contributed by atoms with Crippen molar-refractivity contribution in [1.82, 2.24) is 14.9 Å². The summed E-state index contributed by atoms with van der Waals surface area (Å²) in [6, 6.07) is 22.1. The van der Waals surface area contributed by atoms with E-state index in [1.165, 1.54) is 0 Å². The van der Waals surface area contributed by atoms with Gasteiger partial charge in [-0.1, -0.05) is 66.2 Å². The molecule has 0 saturated heterocycles. The second-order valence-corrected chi connectivity index (χ2v) is 11.9. The van der Waals surface area contributed by atoms with Gasteiger partial charge in [0.15, 0.2) is 0 Å². The first-order chi connectivity index (χ1) is 19.3. The van der Waals surface area contributed by atoms with E-state index in [9.17, 15) is 18.0 Å². The molecule has 1 unspecified atom stereocenters. The molecule has 40 heavy (non-hydrogen) atoms. The molecule has 1 fully saturated rings. The molecule has 2 amide bonds. The zero-order valence-electron chi connectivity index (χ0n) is 22.4. The van der Waals surface area contributed by atoms with Gasteiger partial charge >= 0.3 is 0 Å². The average molecular weight is 584 g/mol. The summed E-state index contributed by atoms with van der Waals surface area (Å²) >= 11 is 6.08. The predicted octanol–water partition coefficient (Wildman–Crippen LogP) is 4.25. The summed E-state index contributed by atoms with van der Waals surface area (Å²) in [6.07, 6.45) is 2.24. The Morgan fingerprint density at radius 2 is 1.62 bits per heavy atom. The van der Waals surface area contributed by atoms with E-state index in [0.29, 0.717) is 30.2 Å². The molecule has 3 aromatic rings. The molecule has 1 aliphatic carbocycles. The number of hydrogen-bond acceptors (Lipinski definition) is 5. The number of carbonyl (C=O) groups excluding carboxylic acids is 2. The third-order valence-corrected chi connectivity index (χ3v) is 8.42. The summed E-state index contributed by atoms with van der Waals surface area (Å²) in [6.45, 7) is 0.865. The van der Waals surface area contributed by atoms with E-state index >= 15 is 0 Å². The van der Waals surface area contributed by atoms with Crippen molar-refractivity contribution in [3.05, 3.63) is 101 Å². The molecule has 1 saturated carbocycles. The fraction of sp³-hybridized carbons (Fsp3) is 0.333. The van der Waals surface area contributed by atoms with E-state index in [2.05, 4.69) is 10.0 Å². The van der Waals surface area contributed by atoms with Crippen LogP contribution < -0.4 is 10.0 Å². The molecule has 3 aromatic carbocycles. The summed E-state index contributed by atoms with van der Waals surface area (Å²) in [7, 11) is -1.99. The number of carbonyl (C=O) groups is 2. The van der Waals surface area contributed by atoms with E-state index < -0.39 is 16.1 Å². The number of ether oxygens (including phenoxy) is 1. The van der Waals surface area contributed by atoms with Gasteiger partial charge in [0, 0.05) is 37.7 Å². The van der Waals surface area contributed by atoms with Gasteiger partial charge in [0.1, 0.15) is 6.04 Å². The number of benzene rings is 3.